The average molecular weight is 520 g/mol. The summed E-state index contributed by atoms with van der Waals surface area (Å²) in [4.78, 5) is 18.0. The fraction of sp³-hybridized carbons (Fsp3) is 0.464. The van der Waals surface area contributed by atoms with Crippen LogP contribution in [0.25, 0.3) is 22.6 Å². The summed E-state index contributed by atoms with van der Waals surface area (Å²) >= 11 is 6.84. The molecule has 9 heteroatoms. The van der Waals surface area contributed by atoms with Crippen LogP contribution in [0.2, 0.25) is 5.15 Å². The molecule has 0 radical (unpaired) electrons. The van der Waals surface area contributed by atoms with Gasteiger partial charge in [-0.2, -0.15) is 5.21 Å². The third-order valence-corrected chi connectivity index (χ3v) is 7.91. The first-order valence-corrected chi connectivity index (χ1v) is 13.8. The zero-order valence-electron chi connectivity index (χ0n) is 21.4. The highest BCUT2D eigenvalue weighted by Gasteiger charge is 2.21. The third kappa shape index (κ3) is 5.69. The summed E-state index contributed by atoms with van der Waals surface area (Å²) in [6.45, 7) is 3.36. The Morgan fingerprint density at radius 3 is 2.62 bits per heavy atom. The van der Waals surface area contributed by atoms with Crippen molar-refractivity contribution in [3.05, 3.63) is 69.5 Å². The van der Waals surface area contributed by atoms with Crippen molar-refractivity contribution in [2.45, 2.75) is 77.8 Å². The number of tetrazole rings is 1. The highest BCUT2D eigenvalue weighted by atomic mass is 35.5. The summed E-state index contributed by atoms with van der Waals surface area (Å²) < 4.78 is 3.69. The van der Waals surface area contributed by atoms with Crippen LogP contribution in [0.5, 0.6) is 0 Å². The molecule has 0 amide bonds. The van der Waals surface area contributed by atoms with E-state index in [1.807, 2.05) is 33.4 Å². The average Bonchev–Trinajstić information content (AvgIpc) is 3.55. The molecule has 37 heavy (non-hydrogen) atoms. The molecule has 3 aromatic heterocycles. The zero-order chi connectivity index (χ0) is 25.6. The molecule has 5 rings (SSSR count). The monoisotopic (exact) mass is 519 g/mol. The smallest absolute Gasteiger partial charge is 0.290 e. The minimum Gasteiger partial charge on any atom is -0.290 e. The van der Waals surface area contributed by atoms with Crippen molar-refractivity contribution in [1.29, 1.82) is 0 Å². The van der Waals surface area contributed by atoms with E-state index in [1.54, 1.807) is 6.20 Å². The number of unbranched alkanes of at least 4 members (excludes halogenated alkanes) is 1. The van der Waals surface area contributed by atoms with Crippen LogP contribution in [-0.2, 0) is 19.5 Å². The second kappa shape index (κ2) is 11.9. The molecule has 0 unspecified atom stereocenters. The molecule has 0 saturated heterocycles. The Balaban J connectivity index is 1.39. The first-order chi connectivity index (χ1) is 18.2. The van der Waals surface area contributed by atoms with Gasteiger partial charge in [-0.3, -0.25) is 14.1 Å². The number of benzene rings is 1. The summed E-state index contributed by atoms with van der Waals surface area (Å²) in [5, 5.41) is 14.9. The van der Waals surface area contributed by atoms with Gasteiger partial charge in [0.2, 0.25) is 5.82 Å². The minimum atomic E-state index is 0.00245. The van der Waals surface area contributed by atoms with E-state index in [0.717, 1.165) is 48.1 Å². The number of hydrogen-bond acceptors (Lipinski definition) is 5. The molecule has 3 heterocycles. The third-order valence-electron chi connectivity index (χ3n) is 7.49. The van der Waals surface area contributed by atoms with Crippen molar-refractivity contribution in [3.63, 3.8) is 0 Å². The number of aromatic amines is 1. The summed E-state index contributed by atoms with van der Waals surface area (Å²) in [5.74, 6) is 1.16. The molecular formula is C28H34ClN7O. The summed E-state index contributed by atoms with van der Waals surface area (Å²) in [6, 6.07) is 12.1. The first kappa shape index (κ1) is 25.4. The molecule has 194 valence electrons. The maximum absolute atomic E-state index is 13.5. The number of nitrogens with one attached hydrogen (secondary N) is 1. The standard InChI is InChI=1S/C28H34ClN7O/c1-2-3-11-24-26(29)35(18-16-20-8-5-4-6-9-20)28(37)36(24)19-21-12-14-22(15-13-21)23-10-7-17-30-25(23)27-31-33-34-32-27/h7,10,12-15,17,20H,2-6,8-9,11,16,18-19H2,1H3,(H,31,32,33,34). The van der Waals surface area contributed by atoms with Crippen LogP contribution in [0.15, 0.2) is 47.4 Å². The molecule has 1 aliphatic rings. The largest absolute Gasteiger partial charge is 0.329 e. The van der Waals surface area contributed by atoms with E-state index in [0.29, 0.717) is 35.7 Å². The second-order valence-corrected chi connectivity index (χ2v) is 10.3. The molecule has 1 aromatic carbocycles. The van der Waals surface area contributed by atoms with Crippen LogP contribution in [0.4, 0.5) is 0 Å². The van der Waals surface area contributed by atoms with Gasteiger partial charge < -0.3 is 0 Å². The quantitative estimate of drug-likeness (QED) is 0.281. The lowest BCUT2D eigenvalue weighted by molar-refractivity contribution is 0.322. The van der Waals surface area contributed by atoms with Gasteiger partial charge in [0.15, 0.2) is 0 Å². The topological polar surface area (TPSA) is 94.3 Å². The first-order valence-electron chi connectivity index (χ1n) is 13.4. The number of halogens is 1. The van der Waals surface area contributed by atoms with Crippen molar-refractivity contribution in [2.24, 2.45) is 5.92 Å². The molecule has 4 aromatic rings. The molecule has 1 aliphatic carbocycles. The van der Waals surface area contributed by atoms with Crippen molar-refractivity contribution in [1.82, 2.24) is 34.7 Å². The Morgan fingerprint density at radius 2 is 1.89 bits per heavy atom. The SMILES string of the molecule is CCCCc1c(Cl)n(CCC2CCCCC2)c(=O)n1Cc1ccc(-c2cccnc2-c2nn[nH]n2)cc1. The Hall–Kier alpha value is -3.26. The fourth-order valence-corrected chi connectivity index (χ4v) is 5.74. The molecule has 0 bridgehead atoms. The van der Waals surface area contributed by atoms with Crippen molar-refractivity contribution >= 4 is 11.6 Å². The van der Waals surface area contributed by atoms with Gasteiger partial charge in [0.1, 0.15) is 10.8 Å². The van der Waals surface area contributed by atoms with Gasteiger partial charge >= 0.3 is 5.69 Å². The Morgan fingerprint density at radius 1 is 1.08 bits per heavy atom. The minimum absolute atomic E-state index is 0.00245. The van der Waals surface area contributed by atoms with Crippen molar-refractivity contribution in [3.8, 4) is 22.6 Å². The van der Waals surface area contributed by atoms with Gasteiger partial charge in [-0.15, -0.1) is 10.2 Å². The lowest BCUT2D eigenvalue weighted by Crippen LogP contribution is -2.26. The number of rotatable bonds is 10. The predicted octanol–water partition coefficient (Wildman–Crippen LogP) is 5.91. The van der Waals surface area contributed by atoms with Crippen LogP contribution in [0.3, 0.4) is 0 Å². The Bertz CT molecular complexity index is 1350. The number of hydrogen-bond donors (Lipinski definition) is 1. The maximum Gasteiger partial charge on any atom is 0.329 e. The van der Waals surface area contributed by atoms with Crippen molar-refractivity contribution in [2.75, 3.05) is 0 Å². The normalized spacial score (nSPS) is 14.3. The Labute approximate surface area is 222 Å². The molecule has 1 N–H and O–H groups in total. The van der Waals surface area contributed by atoms with Crippen LogP contribution in [0, 0.1) is 5.92 Å². The lowest BCUT2D eigenvalue weighted by atomic mass is 9.87. The molecule has 0 atom stereocenters. The van der Waals surface area contributed by atoms with E-state index < -0.39 is 0 Å². The molecule has 1 saturated carbocycles. The zero-order valence-corrected chi connectivity index (χ0v) is 22.1. The van der Waals surface area contributed by atoms with Gasteiger partial charge in [0.05, 0.1) is 12.2 Å². The molecule has 8 nitrogen and oxygen atoms in total. The maximum atomic E-state index is 13.5. The van der Waals surface area contributed by atoms with E-state index in [-0.39, 0.29) is 5.69 Å². The van der Waals surface area contributed by atoms with Gasteiger partial charge in [-0.25, -0.2) is 4.79 Å². The molecule has 0 aliphatic heterocycles. The van der Waals surface area contributed by atoms with Crippen molar-refractivity contribution < 1.29 is 0 Å². The number of imidazole rings is 1. The van der Waals surface area contributed by atoms with E-state index in [4.69, 9.17) is 11.6 Å². The van der Waals surface area contributed by atoms with Gasteiger partial charge in [0.25, 0.3) is 0 Å². The van der Waals surface area contributed by atoms with Gasteiger partial charge in [-0.1, -0.05) is 87.4 Å². The second-order valence-electron chi connectivity index (χ2n) is 9.99. The van der Waals surface area contributed by atoms with Crippen LogP contribution < -0.4 is 5.69 Å². The van der Waals surface area contributed by atoms with E-state index in [9.17, 15) is 4.79 Å². The number of pyridine rings is 1. The Kier molecular flexibility index (Phi) is 8.14. The van der Waals surface area contributed by atoms with Crippen LogP contribution >= 0.6 is 11.6 Å². The molecule has 0 spiro atoms. The molecular weight excluding hydrogens is 486 g/mol. The predicted molar refractivity (Wildman–Crippen MR) is 145 cm³/mol. The fourth-order valence-electron chi connectivity index (χ4n) is 5.39. The van der Waals surface area contributed by atoms with Gasteiger partial charge in [0, 0.05) is 18.3 Å². The van der Waals surface area contributed by atoms with E-state index >= 15 is 0 Å². The van der Waals surface area contributed by atoms with E-state index in [2.05, 4.69) is 44.7 Å². The number of aromatic nitrogens is 7. The van der Waals surface area contributed by atoms with Crippen LogP contribution in [0.1, 0.15) is 69.5 Å². The molecule has 1 fully saturated rings. The summed E-state index contributed by atoms with van der Waals surface area (Å²) in [6.07, 6.45) is 12.1. The number of nitrogens with zero attached hydrogens (tertiary/aromatic N) is 6. The van der Waals surface area contributed by atoms with Gasteiger partial charge in [-0.05, 0) is 47.6 Å². The summed E-state index contributed by atoms with van der Waals surface area (Å²) in [5.41, 5.74) is 4.60. The summed E-state index contributed by atoms with van der Waals surface area (Å²) in [7, 11) is 0. The van der Waals surface area contributed by atoms with Crippen LogP contribution in [-0.4, -0.2) is 34.7 Å². The highest BCUT2D eigenvalue weighted by molar-refractivity contribution is 6.30. The lowest BCUT2D eigenvalue weighted by Gasteiger charge is -2.21. The highest BCUT2D eigenvalue weighted by Crippen LogP contribution is 2.29. The number of H-pyrrole nitrogens is 1. The van der Waals surface area contributed by atoms with E-state index in [1.165, 1.54) is 32.1 Å².